The molecule has 0 bridgehead atoms. The third-order valence-corrected chi connectivity index (χ3v) is 3.80. The molecule has 0 saturated heterocycles. The maximum absolute atomic E-state index is 6.19. The molecule has 0 amide bonds. The van der Waals surface area contributed by atoms with Crippen molar-refractivity contribution in [3.63, 3.8) is 0 Å². The summed E-state index contributed by atoms with van der Waals surface area (Å²) in [6, 6.07) is 11.0. The first kappa shape index (κ1) is 16.5. The standard InChI is InChI=1S/C17H15Cl2N5/c1-11-8-16(23-15-3-2-13(18)9-14(15)19)24-17(22-11)21-10-12-4-6-20-7-5-12/h2-9H,10H2,1H3,(H2,21,22,23,24). The predicted octanol–water partition coefficient (Wildman–Crippen LogP) is 4.84. The van der Waals surface area contributed by atoms with Crippen LogP contribution >= 0.6 is 23.2 Å². The number of anilines is 3. The first-order valence-corrected chi connectivity index (χ1v) is 8.06. The lowest BCUT2D eigenvalue weighted by molar-refractivity contribution is 1.03. The second-order valence-corrected chi connectivity index (χ2v) is 6.02. The van der Waals surface area contributed by atoms with Crippen LogP contribution in [0.2, 0.25) is 10.0 Å². The van der Waals surface area contributed by atoms with E-state index in [2.05, 4.69) is 25.6 Å². The van der Waals surface area contributed by atoms with E-state index in [0.29, 0.717) is 28.4 Å². The summed E-state index contributed by atoms with van der Waals surface area (Å²) in [6.45, 7) is 2.53. The Balaban J connectivity index is 1.76. The summed E-state index contributed by atoms with van der Waals surface area (Å²) in [5.41, 5.74) is 2.68. The van der Waals surface area contributed by atoms with Gasteiger partial charge in [0.25, 0.3) is 0 Å². The van der Waals surface area contributed by atoms with Crippen molar-refractivity contribution < 1.29 is 0 Å². The maximum atomic E-state index is 6.19. The first-order chi connectivity index (χ1) is 11.6. The van der Waals surface area contributed by atoms with Gasteiger partial charge in [-0.3, -0.25) is 4.98 Å². The zero-order chi connectivity index (χ0) is 16.9. The van der Waals surface area contributed by atoms with Gasteiger partial charge < -0.3 is 10.6 Å². The molecule has 122 valence electrons. The fraction of sp³-hybridized carbons (Fsp3) is 0.118. The van der Waals surface area contributed by atoms with Crippen molar-refractivity contribution in [1.82, 2.24) is 15.0 Å². The minimum absolute atomic E-state index is 0.532. The van der Waals surface area contributed by atoms with Gasteiger partial charge in [-0.15, -0.1) is 0 Å². The number of nitrogens with one attached hydrogen (secondary N) is 2. The van der Waals surface area contributed by atoms with Crippen molar-refractivity contribution in [2.45, 2.75) is 13.5 Å². The van der Waals surface area contributed by atoms with Crippen LogP contribution in [0.15, 0.2) is 48.8 Å². The molecule has 0 aliphatic rings. The van der Waals surface area contributed by atoms with Gasteiger partial charge in [0.2, 0.25) is 5.95 Å². The third-order valence-electron chi connectivity index (χ3n) is 3.25. The zero-order valence-corrected chi connectivity index (χ0v) is 14.4. The molecular formula is C17H15Cl2N5. The van der Waals surface area contributed by atoms with Crippen LogP contribution in [0.25, 0.3) is 0 Å². The largest absolute Gasteiger partial charge is 0.350 e. The molecule has 0 saturated carbocycles. The number of aryl methyl sites for hydroxylation is 1. The van der Waals surface area contributed by atoms with Gasteiger partial charge in [0, 0.05) is 35.7 Å². The Bertz CT molecular complexity index is 840. The van der Waals surface area contributed by atoms with Crippen molar-refractivity contribution in [2.24, 2.45) is 0 Å². The van der Waals surface area contributed by atoms with E-state index in [1.165, 1.54) is 0 Å². The SMILES string of the molecule is Cc1cc(Nc2ccc(Cl)cc2Cl)nc(NCc2ccncc2)n1. The van der Waals surface area contributed by atoms with Crippen molar-refractivity contribution in [1.29, 1.82) is 0 Å². The van der Waals surface area contributed by atoms with Crippen molar-refractivity contribution in [3.05, 3.63) is 70.1 Å². The van der Waals surface area contributed by atoms with Crippen LogP contribution in [-0.2, 0) is 6.54 Å². The van der Waals surface area contributed by atoms with Crippen LogP contribution in [0.4, 0.5) is 17.5 Å². The topological polar surface area (TPSA) is 62.7 Å². The van der Waals surface area contributed by atoms with E-state index in [4.69, 9.17) is 23.2 Å². The average molecular weight is 360 g/mol. The number of hydrogen-bond donors (Lipinski definition) is 2. The molecule has 2 N–H and O–H groups in total. The normalized spacial score (nSPS) is 10.5. The molecule has 3 rings (SSSR count). The lowest BCUT2D eigenvalue weighted by Gasteiger charge is -2.11. The molecule has 3 aromatic rings. The summed E-state index contributed by atoms with van der Waals surface area (Å²) in [7, 11) is 0. The molecule has 2 heterocycles. The van der Waals surface area contributed by atoms with Gasteiger partial charge in [0.1, 0.15) is 5.82 Å². The molecule has 2 aromatic heterocycles. The fourth-order valence-corrected chi connectivity index (χ4v) is 2.58. The number of nitrogens with zero attached hydrogens (tertiary/aromatic N) is 3. The van der Waals surface area contributed by atoms with E-state index in [-0.39, 0.29) is 0 Å². The van der Waals surface area contributed by atoms with Gasteiger partial charge in [0.15, 0.2) is 0 Å². The highest BCUT2D eigenvalue weighted by molar-refractivity contribution is 6.36. The van der Waals surface area contributed by atoms with Gasteiger partial charge in [0.05, 0.1) is 10.7 Å². The maximum Gasteiger partial charge on any atom is 0.225 e. The average Bonchev–Trinajstić information content (AvgIpc) is 2.56. The predicted molar refractivity (Wildman–Crippen MR) is 98.1 cm³/mol. The van der Waals surface area contributed by atoms with E-state index in [1.54, 1.807) is 24.5 Å². The lowest BCUT2D eigenvalue weighted by Crippen LogP contribution is -2.06. The van der Waals surface area contributed by atoms with E-state index >= 15 is 0 Å². The van der Waals surface area contributed by atoms with Crippen LogP contribution in [0.5, 0.6) is 0 Å². The number of benzene rings is 1. The Morgan fingerprint density at radius 1 is 1.00 bits per heavy atom. The number of rotatable bonds is 5. The molecule has 0 unspecified atom stereocenters. The Morgan fingerprint density at radius 2 is 1.79 bits per heavy atom. The van der Waals surface area contributed by atoms with Crippen LogP contribution in [0.3, 0.4) is 0 Å². The van der Waals surface area contributed by atoms with E-state index in [0.717, 1.165) is 16.9 Å². The molecule has 0 radical (unpaired) electrons. The number of aromatic nitrogens is 3. The second kappa shape index (κ2) is 7.47. The molecule has 24 heavy (non-hydrogen) atoms. The third kappa shape index (κ3) is 4.34. The molecule has 0 atom stereocenters. The summed E-state index contributed by atoms with van der Waals surface area (Å²) in [4.78, 5) is 12.9. The Labute approximate surface area is 150 Å². The summed E-state index contributed by atoms with van der Waals surface area (Å²) >= 11 is 12.1. The molecular weight excluding hydrogens is 345 g/mol. The molecule has 0 spiro atoms. The lowest BCUT2D eigenvalue weighted by atomic mass is 10.3. The summed E-state index contributed by atoms with van der Waals surface area (Å²) in [5.74, 6) is 1.20. The van der Waals surface area contributed by atoms with E-state index in [9.17, 15) is 0 Å². The molecule has 0 aliphatic heterocycles. The smallest absolute Gasteiger partial charge is 0.225 e. The van der Waals surface area contributed by atoms with Gasteiger partial charge in [-0.05, 0) is 42.8 Å². The number of hydrogen-bond acceptors (Lipinski definition) is 5. The zero-order valence-electron chi connectivity index (χ0n) is 12.9. The van der Waals surface area contributed by atoms with Gasteiger partial charge in [-0.25, -0.2) is 4.98 Å². The summed E-state index contributed by atoms with van der Waals surface area (Å²) in [6.07, 6.45) is 3.51. The summed E-state index contributed by atoms with van der Waals surface area (Å²) in [5, 5.41) is 7.51. The Kier molecular flexibility index (Phi) is 5.13. The van der Waals surface area contributed by atoms with Crippen LogP contribution in [-0.4, -0.2) is 15.0 Å². The Hall–Kier alpha value is -2.37. The highest BCUT2D eigenvalue weighted by Crippen LogP contribution is 2.28. The van der Waals surface area contributed by atoms with Crippen LogP contribution in [0, 0.1) is 6.92 Å². The number of halogens is 2. The highest BCUT2D eigenvalue weighted by Gasteiger charge is 2.06. The fourth-order valence-electron chi connectivity index (χ4n) is 2.12. The second-order valence-electron chi connectivity index (χ2n) is 5.18. The van der Waals surface area contributed by atoms with Crippen LogP contribution < -0.4 is 10.6 Å². The summed E-state index contributed by atoms with van der Waals surface area (Å²) < 4.78 is 0. The van der Waals surface area contributed by atoms with Crippen LogP contribution in [0.1, 0.15) is 11.3 Å². The molecule has 7 heteroatoms. The number of pyridine rings is 1. The molecule has 5 nitrogen and oxygen atoms in total. The van der Waals surface area contributed by atoms with Crippen molar-refractivity contribution >= 4 is 40.7 Å². The quantitative estimate of drug-likeness (QED) is 0.682. The van der Waals surface area contributed by atoms with Gasteiger partial charge >= 0.3 is 0 Å². The minimum atomic E-state index is 0.532. The van der Waals surface area contributed by atoms with Crippen molar-refractivity contribution in [2.75, 3.05) is 10.6 Å². The molecule has 0 fully saturated rings. The van der Waals surface area contributed by atoms with Gasteiger partial charge in [-0.2, -0.15) is 4.98 Å². The molecule has 1 aromatic carbocycles. The first-order valence-electron chi connectivity index (χ1n) is 7.31. The highest BCUT2D eigenvalue weighted by atomic mass is 35.5. The monoisotopic (exact) mass is 359 g/mol. The molecule has 0 aliphatic carbocycles. The minimum Gasteiger partial charge on any atom is -0.350 e. The van der Waals surface area contributed by atoms with E-state index in [1.807, 2.05) is 31.2 Å². The van der Waals surface area contributed by atoms with Crippen molar-refractivity contribution in [3.8, 4) is 0 Å². The van der Waals surface area contributed by atoms with E-state index < -0.39 is 0 Å². The van der Waals surface area contributed by atoms with Gasteiger partial charge in [-0.1, -0.05) is 23.2 Å². The Morgan fingerprint density at radius 3 is 2.54 bits per heavy atom.